The van der Waals surface area contributed by atoms with Crippen molar-refractivity contribution in [3.63, 3.8) is 0 Å². The summed E-state index contributed by atoms with van der Waals surface area (Å²) >= 11 is 0. The second-order valence-corrected chi connectivity index (χ2v) is 7.37. The predicted molar refractivity (Wildman–Crippen MR) is 116 cm³/mol. The number of alkyl halides is 3. The fraction of sp³-hybridized carbons (Fsp3) is 0.182. The molecule has 0 atom stereocenters. The molecular formula is C22H19F3N6O2. The molecule has 0 aliphatic heterocycles. The molecule has 4 aromatic rings. The van der Waals surface area contributed by atoms with E-state index in [9.17, 15) is 18.0 Å². The topological polar surface area (TPSA) is 122 Å². The molecule has 4 rings (SSSR count). The molecule has 11 heteroatoms. The first-order valence-corrected chi connectivity index (χ1v) is 9.69. The first kappa shape index (κ1) is 22.1. The second-order valence-electron chi connectivity index (χ2n) is 7.37. The summed E-state index contributed by atoms with van der Waals surface area (Å²) in [4.78, 5) is 24.4. The number of halogens is 3. The van der Waals surface area contributed by atoms with Crippen LogP contribution in [0.1, 0.15) is 27.2 Å². The van der Waals surface area contributed by atoms with Crippen molar-refractivity contribution in [3.05, 3.63) is 59.0 Å². The number of pyridine rings is 1. The van der Waals surface area contributed by atoms with E-state index in [2.05, 4.69) is 15.0 Å². The van der Waals surface area contributed by atoms with Crippen LogP contribution in [0.25, 0.3) is 28.1 Å². The lowest BCUT2D eigenvalue weighted by atomic mass is 10.1. The van der Waals surface area contributed by atoms with Gasteiger partial charge in [0.15, 0.2) is 5.65 Å². The Morgan fingerprint density at radius 2 is 1.88 bits per heavy atom. The monoisotopic (exact) mass is 456 g/mol. The number of carbonyl (C=O) groups excluding carboxylic acids is 1. The smallest absolute Gasteiger partial charge is 0.433 e. The van der Waals surface area contributed by atoms with Crippen LogP contribution < -0.4 is 16.2 Å². The molecule has 170 valence electrons. The van der Waals surface area contributed by atoms with Crippen LogP contribution in [0, 0.1) is 13.8 Å². The van der Waals surface area contributed by atoms with Gasteiger partial charge in [-0.15, -0.1) is 0 Å². The summed E-state index contributed by atoms with van der Waals surface area (Å²) in [5.41, 5.74) is 13.5. The van der Waals surface area contributed by atoms with E-state index in [-0.39, 0.29) is 33.8 Å². The molecule has 0 saturated carbocycles. The van der Waals surface area contributed by atoms with Gasteiger partial charge in [0.1, 0.15) is 28.3 Å². The highest BCUT2D eigenvalue weighted by molar-refractivity contribution is 6.09. The van der Waals surface area contributed by atoms with Gasteiger partial charge in [0.25, 0.3) is 5.91 Å². The lowest BCUT2D eigenvalue weighted by Crippen LogP contribution is -2.14. The van der Waals surface area contributed by atoms with Crippen molar-refractivity contribution in [2.24, 2.45) is 5.73 Å². The van der Waals surface area contributed by atoms with Crippen molar-refractivity contribution in [1.82, 2.24) is 19.5 Å². The van der Waals surface area contributed by atoms with Gasteiger partial charge in [-0.25, -0.2) is 9.97 Å². The average Bonchev–Trinajstić information content (AvgIpc) is 3.05. The van der Waals surface area contributed by atoms with Gasteiger partial charge in [-0.05, 0) is 37.6 Å². The summed E-state index contributed by atoms with van der Waals surface area (Å²) < 4.78 is 46.2. The number of nitrogens with zero attached hydrogens (tertiary/aromatic N) is 4. The van der Waals surface area contributed by atoms with Gasteiger partial charge < -0.3 is 16.2 Å². The Labute approximate surface area is 186 Å². The molecular weight excluding hydrogens is 437 g/mol. The number of carbonyl (C=O) groups is 1. The third-order valence-corrected chi connectivity index (χ3v) is 5.32. The number of methoxy groups -OCH3 is 1. The largest absolute Gasteiger partial charge is 0.496 e. The molecule has 0 unspecified atom stereocenters. The maximum atomic E-state index is 13.1. The molecule has 0 fully saturated rings. The second kappa shape index (κ2) is 7.76. The summed E-state index contributed by atoms with van der Waals surface area (Å²) in [6, 6.07) is 5.85. The van der Waals surface area contributed by atoms with E-state index in [1.165, 1.54) is 19.4 Å². The predicted octanol–water partition coefficient (Wildman–Crippen LogP) is 3.81. The van der Waals surface area contributed by atoms with E-state index in [1.54, 1.807) is 10.6 Å². The number of nitrogen functional groups attached to an aromatic ring is 1. The Balaban J connectivity index is 2.01. The number of aryl methyl sites for hydroxylation is 1. The number of ether oxygens (including phenoxy) is 1. The fourth-order valence-electron chi connectivity index (χ4n) is 3.80. The van der Waals surface area contributed by atoms with Crippen LogP contribution in [0.4, 0.5) is 19.0 Å². The number of anilines is 1. The Bertz CT molecular complexity index is 1410. The zero-order valence-corrected chi connectivity index (χ0v) is 17.9. The zero-order chi connectivity index (χ0) is 24.1. The zero-order valence-electron chi connectivity index (χ0n) is 17.9. The molecule has 3 aromatic heterocycles. The molecule has 8 nitrogen and oxygen atoms in total. The summed E-state index contributed by atoms with van der Waals surface area (Å²) in [6.07, 6.45) is -2.29. The van der Waals surface area contributed by atoms with Crippen molar-refractivity contribution in [2.75, 3.05) is 12.8 Å². The van der Waals surface area contributed by atoms with Gasteiger partial charge in [0, 0.05) is 17.3 Å². The molecule has 4 N–H and O–H groups in total. The number of amides is 1. The van der Waals surface area contributed by atoms with Crippen LogP contribution >= 0.6 is 0 Å². The summed E-state index contributed by atoms with van der Waals surface area (Å²) in [5.74, 6) is -0.232. The molecule has 0 radical (unpaired) electrons. The minimum Gasteiger partial charge on any atom is -0.496 e. The number of aromatic nitrogens is 4. The Hall–Kier alpha value is -4.15. The fourth-order valence-corrected chi connectivity index (χ4v) is 3.80. The highest BCUT2D eigenvalue weighted by Crippen LogP contribution is 2.36. The van der Waals surface area contributed by atoms with Crippen molar-refractivity contribution < 1.29 is 22.7 Å². The molecule has 1 amide bonds. The van der Waals surface area contributed by atoms with Gasteiger partial charge in [0.05, 0.1) is 24.7 Å². The third kappa shape index (κ3) is 3.60. The van der Waals surface area contributed by atoms with Gasteiger partial charge in [-0.3, -0.25) is 14.3 Å². The minimum atomic E-state index is -4.62. The molecule has 0 aliphatic carbocycles. The minimum absolute atomic E-state index is 0.0137. The van der Waals surface area contributed by atoms with Gasteiger partial charge in [0.2, 0.25) is 0 Å². The number of hydrogen-bond acceptors (Lipinski definition) is 6. The van der Waals surface area contributed by atoms with E-state index in [0.717, 1.165) is 23.4 Å². The van der Waals surface area contributed by atoms with Crippen LogP contribution in [0.5, 0.6) is 5.75 Å². The average molecular weight is 456 g/mol. The van der Waals surface area contributed by atoms with E-state index in [0.29, 0.717) is 11.4 Å². The van der Waals surface area contributed by atoms with E-state index in [1.807, 2.05) is 19.9 Å². The van der Waals surface area contributed by atoms with Crippen molar-refractivity contribution in [2.45, 2.75) is 20.0 Å². The number of benzene rings is 1. The van der Waals surface area contributed by atoms with E-state index < -0.39 is 17.8 Å². The molecule has 33 heavy (non-hydrogen) atoms. The maximum absolute atomic E-state index is 13.1. The third-order valence-electron chi connectivity index (χ3n) is 5.32. The number of rotatable bonds is 4. The lowest BCUT2D eigenvalue weighted by molar-refractivity contribution is -0.141. The standard InChI is InChI=1S/C22H19F3N6O2/c1-10-4-5-14(33-3)11(2)18(10)31-19(26)16(20(27)32)17-21(31)29-9-13(30-17)12-6-7-28-15(8-12)22(23,24)25/h4-9H,26H2,1-3H3,(H2,27,32). The molecule has 0 spiro atoms. The van der Waals surface area contributed by atoms with Gasteiger partial charge >= 0.3 is 6.18 Å². The van der Waals surface area contributed by atoms with Crippen LogP contribution in [0.2, 0.25) is 0 Å². The summed E-state index contributed by atoms with van der Waals surface area (Å²) in [6.45, 7) is 3.68. The highest BCUT2D eigenvalue weighted by Gasteiger charge is 2.33. The Morgan fingerprint density at radius 3 is 2.52 bits per heavy atom. The van der Waals surface area contributed by atoms with Crippen LogP contribution in [0.3, 0.4) is 0 Å². The van der Waals surface area contributed by atoms with Gasteiger partial charge in [-0.2, -0.15) is 13.2 Å². The van der Waals surface area contributed by atoms with Crippen LogP contribution in [-0.4, -0.2) is 32.5 Å². The summed E-state index contributed by atoms with van der Waals surface area (Å²) in [7, 11) is 1.53. The van der Waals surface area contributed by atoms with Crippen molar-refractivity contribution >= 4 is 22.9 Å². The summed E-state index contributed by atoms with van der Waals surface area (Å²) in [5, 5.41) is 0. The van der Waals surface area contributed by atoms with Crippen molar-refractivity contribution in [1.29, 1.82) is 0 Å². The molecule has 0 bridgehead atoms. The van der Waals surface area contributed by atoms with Crippen LogP contribution in [-0.2, 0) is 6.18 Å². The Kier molecular flexibility index (Phi) is 5.19. The number of hydrogen-bond donors (Lipinski definition) is 2. The molecule has 0 aliphatic rings. The molecule has 1 aromatic carbocycles. The molecule has 3 heterocycles. The van der Waals surface area contributed by atoms with Crippen LogP contribution in [0.15, 0.2) is 36.7 Å². The lowest BCUT2D eigenvalue weighted by Gasteiger charge is -2.16. The molecule has 0 saturated heterocycles. The van der Waals surface area contributed by atoms with E-state index >= 15 is 0 Å². The van der Waals surface area contributed by atoms with E-state index in [4.69, 9.17) is 16.2 Å². The quantitative estimate of drug-likeness (QED) is 0.482. The van der Waals surface area contributed by atoms with Gasteiger partial charge in [-0.1, -0.05) is 6.07 Å². The number of nitrogens with two attached hydrogens (primary N) is 2. The first-order valence-electron chi connectivity index (χ1n) is 9.69. The number of fused-ring (bicyclic) bond motifs is 1. The Morgan fingerprint density at radius 1 is 1.15 bits per heavy atom. The highest BCUT2D eigenvalue weighted by atomic mass is 19.4. The number of primary amides is 1. The maximum Gasteiger partial charge on any atom is 0.433 e. The SMILES string of the molecule is COc1ccc(C)c(-n2c(N)c(C(N)=O)c3nc(-c4ccnc(C(F)(F)F)c4)cnc32)c1C. The normalized spacial score (nSPS) is 11.7. The van der Waals surface area contributed by atoms with Crippen molar-refractivity contribution in [3.8, 4) is 22.7 Å². The first-order chi connectivity index (χ1) is 15.5.